The number of aromatic nitrogens is 3. The minimum Gasteiger partial charge on any atom is -0.295 e. The highest BCUT2D eigenvalue weighted by molar-refractivity contribution is 4.85. The summed E-state index contributed by atoms with van der Waals surface area (Å²) in [7, 11) is 0. The maximum atomic E-state index is 8.60. The largest absolute Gasteiger partial charge is 0.295 e. The second kappa shape index (κ2) is 7.02. The van der Waals surface area contributed by atoms with Gasteiger partial charge in [-0.25, -0.2) is 9.67 Å². The molecule has 0 unspecified atom stereocenters. The van der Waals surface area contributed by atoms with Gasteiger partial charge in [0.15, 0.2) is 0 Å². The van der Waals surface area contributed by atoms with Crippen molar-refractivity contribution in [1.29, 1.82) is 5.26 Å². The number of nitrogens with zero attached hydrogens (tertiary/aromatic N) is 5. The Morgan fingerprint density at radius 2 is 2.29 bits per heavy atom. The van der Waals surface area contributed by atoms with E-state index in [9.17, 15) is 0 Å². The topological polar surface area (TPSA) is 57.7 Å². The third-order valence-corrected chi connectivity index (χ3v) is 2.59. The van der Waals surface area contributed by atoms with Crippen LogP contribution in [-0.2, 0) is 13.1 Å². The Labute approximate surface area is 103 Å². The molecular formula is C12H21N5. The second-order valence-corrected chi connectivity index (χ2v) is 4.53. The van der Waals surface area contributed by atoms with Gasteiger partial charge >= 0.3 is 0 Å². The predicted molar refractivity (Wildman–Crippen MR) is 66.0 cm³/mol. The van der Waals surface area contributed by atoms with Gasteiger partial charge in [0.25, 0.3) is 0 Å². The Morgan fingerprint density at radius 1 is 1.53 bits per heavy atom. The first-order valence-electron chi connectivity index (χ1n) is 6.13. The highest BCUT2D eigenvalue weighted by atomic mass is 15.3. The molecule has 0 bridgehead atoms. The maximum Gasteiger partial charge on any atom is 0.141 e. The van der Waals surface area contributed by atoms with Crippen molar-refractivity contribution >= 4 is 0 Å². The number of hydrogen-bond acceptors (Lipinski definition) is 4. The lowest BCUT2D eigenvalue weighted by molar-refractivity contribution is 0.270. The monoisotopic (exact) mass is 235 g/mol. The second-order valence-electron chi connectivity index (χ2n) is 4.53. The molecule has 1 aromatic heterocycles. The first kappa shape index (κ1) is 13.7. The summed E-state index contributed by atoms with van der Waals surface area (Å²) >= 11 is 0. The molecule has 0 radical (unpaired) electrons. The molecule has 17 heavy (non-hydrogen) atoms. The van der Waals surface area contributed by atoms with Gasteiger partial charge in [0, 0.05) is 19.5 Å². The minimum absolute atomic E-state index is 0.560. The van der Waals surface area contributed by atoms with Gasteiger partial charge in [0.2, 0.25) is 0 Å². The Balaban J connectivity index is 2.60. The van der Waals surface area contributed by atoms with E-state index in [1.807, 2.05) is 4.68 Å². The first-order valence-corrected chi connectivity index (χ1v) is 6.13. The molecule has 0 N–H and O–H groups in total. The summed E-state index contributed by atoms with van der Waals surface area (Å²) < 4.78 is 1.96. The smallest absolute Gasteiger partial charge is 0.141 e. The van der Waals surface area contributed by atoms with Gasteiger partial charge in [-0.1, -0.05) is 20.8 Å². The summed E-state index contributed by atoms with van der Waals surface area (Å²) in [5.41, 5.74) is 0. The molecule has 0 aliphatic heterocycles. The van der Waals surface area contributed by atoms with Gasteiger partial charge in [0.1, 0.15) is 12.2 Å². The van der Waals surface area contributed by atoms with Gasteiger partial charge in [-0.05, 0) is 12.5 Å². The summed E-state index contributed by atoms with van der Waals surface area (Å²) in [6.45, 7) is 9.81. The number of rotatable bonds is 7. The molecule has 5 nitrogen and oxygen atoms in total. The molecule has 5 heteroatoms. The zero-order chi connectivity index (χ0) is 12.7. The van der Waals surface area contributed by atoms with Crippen LogP contribution < -0.4 is 0 Å². The molecule has 0 amide bonds. The third-order valence-electron chi connectivity index (χ3n) is 2.59. The highest BCUT2D eigenvalue weighted by Gasteiger charge is 2.10. The molecule has 0 fully saturated rings. The Hall–Kier alpha value is -1.41. The zero-order valence-corrected chi connectivity index (χ0v) is 10.9. The van der Waals surface area contributed by atoms with Crippen molar-refractivity contribution in [2.75, 3.05) is 13.1 Å². The third kappa shape index (κ3) is 4.53. The van der Waals surface area contributed by atoms with Crippen LogP contribution in [0.1, 0.15) is 33.0 Å². The summed E-state index contributed by atoms with van der Waals surface area (Å²) in [4.78, 5) is 6.50. The van der Waals surface area contributed by atoms with E-state index in [0.717, 1.165) is 32.0 Å². The fourth-order valence-corrected chi connectivity index (χ4v) is 1.67. The van der Waals surface area contributed by atoms with E-state index in [1.165, 1.54) is 0 Å². The van der Waals surface area contributed by atoms with Gasteiger partial charge in [-0.2, -0.15) is 10.4 Å². The maximum absolute atomic E-state index is 8.60. The van der Waals surface area contributed by atoms with Crippen LogP contribution in [0.4, 0.5) is 0 Å². The quantitative estimate of drug-likeness (QED) is 0.721. The fraction of sp³-hybridized carbons (Fsp3) is 0.750. The van der Waals surface area contributed by atoms with Gasteiger partial charge < -0.3 is 0 Å². The molecule has 1 rings (SSSR count). The van der Waals surface area contributed by atoms with E-state index in [-0.39, 0.29) is 0 Å². The highest BCUT2D eigenvalue weighted by Crippen LogP contribution is 2.05. The molecule has 0 aromatic carbocycles. The Kier molecular flexibility index (Phi) is 5.64. The zero-order valence-electron chi connectivity index (χ0n) is 10.9. The van der Waals surface area contributed by atoms with E-state index in [1.54, 1.807) is 6.33 Å². The average Bonchev–Trinajstić information content (AvgIpc) is 2.70. The summed E-state index contributed by atoms with van der Waals surface area (Å²) in [5.74, 6) is 1.54. The molecular weight excluding hydrogens is 214 g/mol. The fourth-order valence-electron chi connectivity index (χ4n) is 1.67. The van der Waals surface area contributed by atoms with E-state index >= 15 is 0 Å². The lowest BCUT2D eigenvalue weighted by Gasteiger charge is -2.19. The molecule has 0 aliphatic carbocycles. The molecule has 0 spiro atoms. The molecule has 0 saturated carbocycles. The van der Waals surface area contributed by atoms with Crippen LogP contribution in [0.2, 0.25) is 0 Å². The lowest BCUT2D eigenvalue weighted by Crippen LogP contribution is -2.26. The lowest BCUT2D eigenvalue weighted by atomic mass is 10.2. The summed E-state index contributed by atoms with van der Waals surface area (Å²) in [6, 6.07) is 2.17. The van der Waals surface area contributed by atoms with Gasteiger partial charge in [0.05, 0.1) is 12.6 Å². The van der Waals surface area contributed by atoms with Crippen LogP contribution in [0.3, 0.4) is 0 Å². The summed E-state index contributed by atoms with van der Waals surface area (Å²) in [6.07, 6.45) is 2.17. The van der Waals surface area contributed by atoms with Crippen LogP contribution in [0, 0.1) is 17.2 Å². The number of nitriles is 1. The SMILES string of the molecule is CCN(CCC#N)Cc1ncnn1CC(C)C. The Bertz CT molecular complexity index is 363. The molecule has 1 heterocycles. The van der Waals surface area contributed by atoms with Crippen molar-refractivity contribution in [2.24, 2.45) is 5.92 Å². The van der Waals surface area contributed by atoms with Crippen molar-refractivity contribution in [1.82, 2.24) is 19.7 Å². The van der Waals surface area contributed by atoms with Crippen LogP contribution in [0.5, 0.6) is 0 Å². The van der Waals surface area contributed by atoms with Crippen molar-refractivity contribution in [3.63, 3.8) is 0 Å². The molecule has 0 saturated heterocycles. The van der Waals surface area contributed by atoms with Crippen LogP contribution >= 0.6 is 0 Å². The molecule has 94 valence electrons. The van der Waals surface area contributed by atoms with Gasteiger partial charge in [-0.3, -0.25) is 4.90 Å². The normalized spacial score (nSPS) is 11.1. The minimum atomic E-state index is 0.560. The summed E-state index contributed by atoms with van der Waals surface area (Å²) in [5, 5.41) is 12.8. The van der Waals surface area contributed by atoms with Crippen molar-refractivity contribution < 1.29 is 0 Å². The van der Waals surface area contributed by atoms with E-state index in [4.69, 9.17) is 5.26 Å². The molecule has 0 atom stereocenters. The van der Waals surface area contributed by atoms with E-state index in [2.05, 4.69) is 41.8 Å². The van der Waals surface area contributed by atoms with Gasteiger partial charge in [-0.15, -0.1) is 0 Å². The van der Waals surface area contributed by atoms with Crippen LogP contribution in [0.15, 0.2) is 6.33 Å². The molecule has 1 aromatic rings. The van der Waals surface area contributed by atoms with Crippen molar-refractivity contribution in [3.8, 4) is 6.07 Å². The predicted octanol–water partition coefficient (Wildman–Crippen LogP) is 1.67. The van der Waals surface area contributed by atoms with Crippen LogP contribution in [0.25, 0.3) is 0 Å². The van der Waals surface area contributed by atoms with E-state index < -0.39 is 0 Å². The van der Waals surface area contributed by atoms with Crippen molar-refractivity contribution in [2.45, 2.75) is 40.3 Å². The first-order chi connectivity index (χ1) is 8.17. The molecule has 0 aliphatic rings. The number of hydrogen-bond donors (Lipinski definition) is 0. The van der Waals surface area contributed by atoms with Crippen molar-refractivity contribution in [3.05, 3.63) is 12.2 Å². The average molecular weight is 235 g/mol. The Morgan fingerprint density at radius 3 is 2.88 bits per heavy atom. The van der Waals surface area contributed by atoms with Crippen LogP contribution in [-0.4, -0.2) is 32.8 Å². The van der Waals surface area contributed by atoms with E-state index in [0.29, 0.717) is 12.3 Å². The standard InChI is InChI=1S/C12H21N5/c1-4-16(7-5-6-13)9-12-14-10-15-17(12)8-11(2)3/h10-11H,4-5,7-9H2,1-3H3.